The Morgan fingerprint density at radius 2 is 1.91 bits per heavy atom. The van der Waals surface area contributed by atoms with Crippen molar-refractivity contribution < 1.29 is 24.5 Å². The van der Waals surface area contributed by atoms with Gasteiger partial charge in [0.25, 0.3) is 0 Å². The number of carboxylic acids is 2. The molecule has 1 saturated heterocycles. The number of aliphatic carboxylic acids is 2. The summed E-state index contributed by atoms with van der Waals surface area (Å²) >= 11 is 0. The molecule has 3 aromatic rings. The maximum Gasteiger partial charge on any atom is 0.325 e. The Bertz CT molecular complexity index is 1110. The fourth-order valence-corrected chi connectivity index (χ4v) is 4.31. The van der Waals surface area contributed by atoms with E-state index in [9.17, 15) is 19.8 Å². The third-order valence-corrected chi connectivity index (χ3v) is 5.84. The van der Waals surface area contributed by atoms with Crippen LogP contribution in [-0.4, -0.2) is 74.8 Å². The summed E-state index contributed by atoms with van der Waals surface area (Å²) in [4.78, 5) is 32.3. The lowest BCUT2D eigenvalue weighted by Gasteiger charge is -2.37. The van der Waals surface area contributed by atoms with Gasteiger partial charge in [0.2, 0.25) is 0 Å². The van der Waals surface area contributed by atoms with Crippen molar-refractivity contribution in [2.24, 2.45) is 0 Å². The van der Waals surface area contributed by atoms with Gasteiger partial charge in [0.1, 0.15) is 18.3 Å². The molecular weight excluding hydrogens is 412 g/mol. The summed E-state index contributed by atoms with van der Waals surface area (Å²) < 4.78 is 6.91. The number of aromatic nitrogens is 2. The van der Waals surface area contributed by atoms with Gasteiger partial charge in [0.15, 0.2) is 0 Å². The van der Waals surface area contributed by atoms with E-state index in [1.807, 2.05) is 23.1 Å². The second-order valence-electron chi connectivity index (χ2n) is 7.86. The quantitative estimate of drug-likeness (QED) is 0.550. The molecule has 0 amide bonds. The number of hydrogen-bond donors (Lipinski definition) is 2. The van der Waals surface area contributed by atoms with Crippen LogP contribution in [0, 0.1) is 0 Å². The van der Waals surface area contributed by atoms with E-state index in [2.05, 4.69) is 9.88 Å². The van der Waals surface area contributed by atoms with Gasteiger partial charge in [-0.25, -0.2) is 0 Å². The summed E-state index contributed by atoms with van der Waals surface area (Å²) in [6.45, 7) is 3.09. The van der Waals surface area contributed by atoms with Gasteiger partial charge in [-0.05, 0) is 30.3 Å². The van der Waals surface area contributed by atoms with E-state index in [4.69, 9.17) is 4.74 Å². The number of carboxylic acid groups (broad SMARTS) is 2. The highest BCUT2D eigenvalue weighted by Crippen LogP contribution is 2.33. The zero-order chi connectivity index (χ0) is 22.7. The van der Waals surface area contributed by atoms with Crippen molar-refractivity contribution in [3.8, 4) is 5.75 Å². The highest BCUT2D eigenvalue weighted by molar-refractivity contribution is 5.91. The number of rotatable bonds is 8. The Morgan fingerprint density at radius 3 is 2.53 bits per heavy atom. The van der Waals surface area contributed by atoms with Crippen molar-refractivity contribution >= 4 is 22.8 Å². The molecule has 168 valence electrons. The molecule has 0 bridgehead atoms. The maximum absolute atomic E-state index is 12.4. The number of carbonyl (C=O) groups is 2. The van der Waals surface area contributed by atoms with Crippen molar-refractivity contribution in [2.45, 2.75) is 19.1 Å². The minimum atomic E-state index is -0.987. The monoisotopic (exact) mass is 438 g/mol. The van der Waals surface area contributed by atoms with Gasteiger partial charge in [0, 0.05) is 61.6 Å². The highest BCUT2D eigenvalue weighted by atomic mass is 16.5. The fraction of sp³-hybridized carbons (Fsp3) is 0.348. The lowest BCUT2D eigenvalue weighted by Crippen LogP contribution is -2.48. The van der Waals surface area contributed by atoms with Crippen LogP contribution in [0.5, 0.6) is 5.75 Å². The van der Waals surface area contributed by atoms with E-state index < -0.39 is 18.0 Å². The molecule has 1 fully saturated rings. The Kier molecular flexibility index (Phi) is 6.38. The summed E-state index contributed by atoms with van der Waals surface area (Å²) in [5.41, 5.74) is 2.23. The molecule has 2 aromatic heterocycles. The molecule has 0 aliphatic carbocycles. The van der Waals surface area contributed by atoms with Gasteiger partial charge in [-0.2, -0.15) is 0 Å². The fourth-order valence-electron chi connectivity index (χ4n) is 4.31. The van der Waals surface area contributed by atoms with Crippen LogP contribution in [0.1, 0.15) is 17.3 Å². The molecule has 9 heteroatoms. The van der Waals surface area contributed by atoms with Crippen LogP contribution in [0.3, 0.4) is 0 Å². The Morgan fingerprint density at radius 1 is 1.12 bits per heavy atom. The number of benzene rings is 1. The van der Waals surface area contributed by atoms with Crippen molar-refractivity contribution in [2.75, 3.05) is 33.3 Å². The molecule has 1 aromatic carbocycles. The number of fused-ring (bicyclic) bond motifs is 1. The van der Waals surface area contributed by atoms with Crippen molar-refractivity contribution in [1.82, 2.24) is 19.4 Å². The molecule has 2 N–H and O–H groups in total. The molecule has 32 heavy (non-hydrogen) atoms. The number of pyridine rings is 1. The van der Waals surface area contributed by atoms with Crippen LogP contribution < -0.4 is 4.74 Å². The van der Waals surface area contributed by atoms with Crippen LogP contribution in [-0.2, 0) is 22.7 Å². The molecule has 0 unspecified atom stereocenters. The first-order chi connectivity index (χ1) is 15.5. The second kappa shape index (κ2) is 9.37. The zero-order valence-corrected chi connectivity index (χ0v) is 17.8. The first-order valence-electron chi connectivity index (χ1n) is 10.4. The van der Waals surface area contributed by atoms with E-state index in [0.29, 0.717) is 35.3 Å². The topological polar surface area (TPSA) is 108 Å². The molecule has 0 saturated carbocycles. The molecule has 4 rings (SSSR count). The number of methoxy groups -OCH3 is 1. The molecule has 0 spiro atoms. The summed E-state index contributed by atoms with van der Waals surface area (Å²) in [6.07, 6.45) is 3.42. The molecule has 1 aliphatic heterocycles. The standard InChI is InChI=1S/C23H26N4O5/c1-32-17-5-6-20-18(12-17)19(14-27(20)15-21(28)29)22(23(30)31)26-10-8-25(9-11-26)13-16-4-2-3-7-24-16/h2-7,12,14,22H,8-11,13,15H2,1H3,(H,28,29)(H,30,31)/t22-/m0/s1. The SMILES string of the molecule is COc1ccc2c(c1)c([C@@H](C(=O)O)N1CCN(Cc3ccccn3)CC1)cn2CC(=O)O. The van der Waals surface area contributed by atoms with Gasteiger partial charge in [-0.1, -0.05) is 6.07 Å². The second-order valence-corrected chi connectivity index (χ2v) is 7.86. The Labute approximate surface area is 185 Å². The van der Waals surface area contributed by atoms with Gasteiger partial charge in [-0.3, -0.25) is 24.4 Å². The summed E-state index contributed by atoms with van der Waals surface area (Å²) in [5.74, 6) is -1.35. The van der Waals surface area contributed by atoms with Crippen LogP contribution >= 0.6 is 0 Å². The molecule has 1 atom stereocenters. The molecule has 0 radical (unpaired) electrons. The van der Waals surface area contributed by atoms with E-state index in [1.54, 1.807) is 42.3 Å². The number of ether oxygens (including phenoxy) is 1. The van der Waals surface area contributed by atoms with E-state index in [-0.39, 0.29) is 6.54 Å². The van der Waals surface area contributed by atoms with E-state index in [0.717, 1.165) is 25.3 Å². The Hall–Kier alpha value is -3.43. The normalized spacial score (nSPS) is 16.2. The van der Waals surface area contributed by atoms with E-state index >= 15 is 0 Å². The van der Waals surface area contributed by atoms with Crippen molar-refractivity contribution in [3.05, 3.63) is 60.0 Å². The largest absolute Gasteiger partial charge is 0.497 e. The van der Waals surface area contributed by atoms with Crippen LogP contribution in [0.15, 0.2) is 48.8 Å². The van der Waals surface area contributed by atoms with Crippen molar-refractivity contribution in [3.63, 3.8) is 0 Å². The lowest BCUT2D eigenvalue weighted by atomic mass is 10.0. The molecule has 1 aliphatic rings. The predicted octanol–water partition coefficient (Wildman–Crippen LogP) is 2.07. The van der Waals surface area contributed by atoms with Gasteiger partial charge < -0.3 is 19.5 Å². The minimum Gasteiger partial charge on any atom is -0.497 e. The van der Waals surface area contributed by atoms with Gasteiger partial charge >= 0.3 is 11.9 Å². The summed E-state index contributed by atoms with van der Waals surface area (Å²) in [7, 11) is 1.55. The third-order valence-electron chi connectivity index (χ3n) is 5.84. The predicted molar refractivity (Wildman–Crippen MR) is 118 cm³/mol. The van der Waals surface area contributed by atoms with Crippen LogP contribution in [0.4, 0.5) is 0 Å². The maximum atomic E-state index is 12.4. The number of hydrogen-bond acceptors (Lipinski definition) is 6. The summed E-state index contributed by atoms with van der Waals surface area (Å²) in [6, 6.07) is 10.2. The first kappa shape index (κ1) is 21.8. The van der Waals surface area contributed by atoms with Gasteiger partial charge in [0.05, 0.1) is 12.8 Å². The molecule has 9 nitrogen and oxygen atoms in total. The average molecular weight is 438 g/mol. The van der Waals surface area contributed by atoms with Crippen molar-refractivity contribution in [1.29, 1.82) is 0 Å². The molecule has 3 heterocycles. The Balaban J connectivity index is 1.60. The highest BCUT2D eigenvalue weighted by Gasteiger charge is 2.33. The first-order valence-corrected chi connectivity index (χ1v) is 10.4. The average Bonchev–Trinajstić information content (AvgIpc) is 3.12. The van der Waals surface area contributed by atoms with Gasteiger partial charge in [-0.15, -0.1) is 0 Å². The zero-order valence-electron chi connectivity index (χ0n) is 17.8. The van der Waals surface area contributed by atoms with Crippen LogP contribution in [0.25, 0.3) is 10.9 Å². The van der Waals surface area contributed by atoms with Crippen LogP contribution in [0.2, 0.25) is 0 Å². The smallest absolute Gasteiger partial charge is 0.325 e. The third kappa shape index (κ3) is 4.58. The molecular formula is C23H26N4O5. The number of piperazine rings is 1. The minimum absolute atomic E-state index is 0.243. The lowest BCUT2D eigenvalue weighted by molar-refractivity contribution is -0.144. The number of nitrogens with zero attached hydrogens (tertiary/aromatic N) is 4. The van der Waals surface area contributed by atoms with E-state index in [1.165, 1.54) is 0 Å². The summed E-state index contributed by atoms with van der Waals surface area (Å²) in [5, 5.41) is 20.1.